The molecule has 0 saturated carbocycles. The van der Waals surface area contributed by atoms with Gasteiger partial charge in [0.2, 0.25) is 6.29 Å². The molecule has 1 rings (SSSR count). The Labute approximate surface area is 75.5 Å². The maximum Gasteiger partial charge on any atom is 0.202 e. The van der Waals surface area contributed by atoms with Crippen LogP contribution in [0.3, 0.4) is 0 Å². The van der Waals surface area contributed by atoms with Crippen molar-refractivity contribution in [3.63, 3.8) is 0 Å². The van der Waals surface area contributed by atoms with E-state index in [1.807, 2.05) is 0 Å². The molecule has 0 atom stereocenters. The molecule has 0 amide bonds. The normalized spacial score (nSPS) is 10.7. The highest BCUT2D eigenvalue weighted by molar-refractivity contribution is 6.29. The number of aromatic nitrogens is 2. The van der Waals surface area contributed by atoms with Crippen LogP contribution in [0.4, 0.5) is 0 Å². The van der Waals surface area contributed by atoms with Gasteiger partial charge in [0.15, 0.2) is 5.15 Å². The summed E-state index contributed by atoms with van der Waals surface area (Å²) in [5.74, 6) is 0. The van der Waals surface area contributed by atoms with E-state index in [4.69, 9.17) is 21.1 Å². The molecule has 0 bridgehead atoms. The molecule has 1 aromatic rings. The smallest absolute Gasteiger partial charge is 0.202 e. The second-order valence-electron chi connectivity index (χ2n) is 2.08. The van der Waals surface area contributed by atoms with Gasteiger partial charge < -0.3 is 9.47 Å². The van der Waals surface area contributed by atoms with E-state index in [0.29, 0.717) is 10.8 Å². The molecule has 0 fully saturated rings. The van der Waals surface area contributed by atoms with E-state index < -0.39 is 6.29 Å². The van der Waals surface area contributed by atoms with Crippen molar-refractivity contribution in [2.75, 3.05) is 14.2 Å². The molecular formula is C7H9ClN2O2. The van der Waals surface area contributed by atoms with Crippen molar-refractivity contribution in [1.29, 1.82) is 0 Å². The molecule has 4 nitrogen and oxygen atoms in total. The monoisotopic (exact) mass is 188 g/mol. The molecule has 1 heterocycles. The van der Waals surface area contributed by atoms with Gasteiger partial charge in [-0.3, -0.25) is 0 Å². The second-order valence-corrected chi connectivity index (χ2v) is 2.47. The lowest BCUT2D eigenvalue weighted by Crippen LogP contribution is -2.06. The summed E-state index contributed by atoms with van der Waals surface area (Å²) >= 11 is 5.55. The molecule has 66 valence electrons. The lowest BCUT2D eigenvalue weighted by molar-refractivity contribution is -0.109. The van der Waals surface area contributed by atoms with Crippen molar-refractivity contribution in [1.82, 2.24) is 10.2 Å². The predicted octanol–water partition coefficient (Wildman–Crippen LogP) is 1.42. The van der Waals surface area contributed by atoms with Gasteiger partial charge in [0.1, 0.15) is 5.69 Å². The third-order valence-corrected chi connectivity index (χ3v) is 1.52. The van der Waals surface area contributed by atoms with Crippen LogP contribution in [0.2, 0.25) is 5.15 Å². The molecule has 0 saturated heterocycles. The number of methoxy groups -OCH3 is 2. The van der Waals surface area contributed by atoms with Crippen LogP contribution in [0.5, 0.6) is 0 Å². The number of halogens is 1. The Balaban J connectivity index is 2.80. The first-order valence-corrected chi connectivity index (χ1v) is 3.70. The first-order valence-electron chi connectivity index (χ1n) is 3.32. The lowest BCUT2D eigenvalue weighted by atomic mass is 10.4. The SMILES string of the molecule is COC(OC)c1ccc(Cl)nn1. The van der Waals surface area contributed by atoms with Gasteiger partial charge in [-0.15, -0.1) is 10.2 Å². The van der Waals surface area contributed by atoms with Gasteiger partial charge in [0, 0.05) is 14.2 Å². The van der Waals surface area contributed by atoms with Crippen LogP contribution in [-0.4, -0.2) is 24.4 Å². The average molecular weight is 189 g/mol. The first-order chi connectivity index (χ1) is 5.77. The lowest BCUT2D eigenvalue weighted by Gasteiger charge is -2.10. The Hall–Kier alpha value is -0.710. The molecule has 0 aliphatic carbocycles. The summed E-state index contributed by atoms with van der Waals surface area (Å²) in [6.07, 6.45) is -0.477. The number of rotatable bonds is 3. The Kier molecular flexibility index (Phi) is 3.40. The van der Waals surface area contributed by atoms with Crippen LogP contribution >= 0.6 is 11.6 Å². The maximum atomic E-state index is 5.55. The van der Waals surface area contributed by atoms with Gasteiger partial charge in [0.25, 0.3) is 0 Å². The van der Waals surface area contributed by atoms with E-state index in [1.54, 1.807) is 12.1 Å². The highest BCUT2D eigenvalue weighted by Gasteiger charge is 2.09. The minimum Gasteiger partial charge on any atom is -0.350 e. The number of hydrogen-bond donors (Lipinski definition) is 0. The van der Waals surface area contributed by atoms with Gasteiger partial charge >= 0.3 is 0 Å². The molecule has 0 N–H and O–H groups in total. The van der Waals surface area contributed by atoms with Crippen LogP contribution in [-0.2, 0) is 9.47 Å². The third-order valence-electron chi connectivity index (χ3n) is 1.32. The van der Waals surface area contributed by atoms with Gasteiger partial charge in [0.05, 0.1) is 0 Å². The zero-order valence-corrected chi connectivity index (χ0v) is 7.58. The fourth-order valence-corrected chi connectivity index (χ4v) is 0.891. The summed E-state index contributed by atoms with van der Waals surface area (Å²) in [7, 11) is 3.06. The zero-order valence-electron chi connectivity index (χ0n) is 6.82. The van der Waals surface area contributed by atoms with E-state index in [1.165, 1.54) is 14.2 Å². The molecule has 0 aliphatic heterocycles. The predicted molar refractivity (Wildman–Crippen MR) is 43.8 cm³/mol. The third kappa shape index (κ3) is 2.14. The molecule has 0 spiro atoms. The molecule has 0 aromatic carbocycles. The topological polar surface area (TPSA) is 44.2 Å². The molecular weight excluding hydrogens is 180 g/mol. The summed E-state index contributed by atoms with van der Waals surface area (Å²) in [6, 6.07) is 3.34. The van der Waals surface area contributed by atoms with E-state index in [-0.39, 0.29) is 0 Å². The van der Waals surface area contributed by atoms with Gasteiger partial charge in [-0.2, -0.15) is 0 Å². The van der Waals surface area contributed by atoms with Crippen LogP contribution in [0.15, 0.2) is 12.1 Å². The molecule has 0 radical (unpaired) electrons. The highest BCUT2D eigenvalue weighted by Crippen LogP contribution is 2.14. The van der Waals surface area contributed by atoms with Crippen molar-refractivity contribution in [3.05, 3.63) is 23.0 Å². The van der Waals surface area contributed by atoms with Crippen LogP contribution in [0, 0.1) is 0 Å². The van der Waals surface area contributed by atoms with Crippen molar-refractivity contribution in [2.45, 2.75) is 6.29 Å². The Morgan fingerprint density at radius 1 is 1.25 bits per heavy atom. The quantitative estimate of drug-likeness (QED) is 0.673. The fourth-order valence-electron chi connectivity index (χ4n) is 0.790. The van der Waals surface area contributed by atoms with Crippen LogP contribution < -0.4 is 0 Å². The minimum atomic E-state index is -0.477. The largest absolute Gasteiger partial charge is 0.350 e. The first kappa shape index (κ1) is 9.38. The van der Waals surface area contributed by atoms with Crippen molar-refractivity contribution >= 4 is 11.6 Å². The van der Waals surface area contributed by atoms with E-state index in [2.05, 4.69) is 10.2 Å². The van der Waals surface area contributed by atoms with E-state index >= 15 is 0 Å². The Morgan fingerprint density at radius 3 is 2.33 bits per heavy atom. The van der Waals surface area contributed by atoms with E-state index in [9.17, 15) is 0 Å². The summed E-state index contributed by atoms with van der Waals surface area (Å²) < 4.78 is 9.92. The highest BCUT2D eigenvalue weighted by atomic mass is 35.5. The second kappa shape index (κ2) is 4.35. The summed E-state index contributed by atoms with van der Waals surface area (Å²) in [6.45, 7) is 0. The van der Waals surface area contributed by atoms with Gasteiger partial charge in [-0.25, -0.2) is 0 Å². The maximum absolute atomic E-state index is 5.55. The van der Waals surface area contributed by atoms with Crippen molar-refractivity contribution in [2.24, 2.45) is 0 Å². The van der Waals surface area contributed by atoms with Gasteiger partial charge in [-0.1, -0.05) is 11.6 Å². The Bertz CT molecular complexity index is 236. The summed E-state index contributed by atoms with van der Waals surface area (Å²) in [5.41, 5.74) is 0.601. The van der Waals surface area contributed by atoms with Crippen LogP contribution in [0.1, 0.15) is 12.0 Å². The number of hydrogen-bond acceptors (Lipinski definition) is 4. The molecule has 5 heteroatoms. The Morgan fingerprint density at radius 2 is 1.92 bits per heavy atom. The number of nitrogens with zero attached hydrogens (tertiary/aromatic N) is 2. The van der Waals surface area contributed by atoms with Gasteiger partial charge in [-0.05, 0) is 12.1 Å². The van der Waals surface area contributed by atoms with Crippen LogP contribution in [0.25, 0.3) is 0 Å². The molecule has 12 heavy (non-hydrogen) atoms. The molecule has 0 unspecified atom stereocenters. The standard InChI is InChI=1S/C7H9ClN2O2/c1-11-7(12-2)5-3-4-6(8)10-9-5/h3-4,7H,1-2H3. The summed E-state index contributed by atoms with van der Waals surface area (Å²) in [5, 5.41) is 7.79. The summed E-state index contributed by atoms with van der Waals surface area (Å²) in [4.78, 5) is 0. The van der Waals surface area contributed by atoms with E-state index in [0.717, 1.165) is 0 Å². The molecule has 0 aliphatic rings. The van der Waals surface area contributed by atoms with Crippen molar-refractivity contribution < 1.29 is 9.47 Å². The minimum absolute atomic E-state index is 0.352. The molecule has 1 aromatic heterocycles. The average Bonchev–Trinajstić information content (AvgIpc) is 2.10. The zero-order chi connectivity index (χ0) is 8.97. The number of ether oxygens (including phenoxy) is 2. The van der Waals surface area contributed by atoms with Crippen molar-refractivity contribution in [3.8, 4) is 0 Å². The fraction of sp³-hybridized carbons (Fsp3) is 0.429.